The molecule has 1 unspecified atom stereocenters. The van der Waals surface area contributed by atoms with E-state index in [4.69, 9.17) is 10.00 Å². The van der Waals surface area contributed by atoms with Crippen molar-refractivity contribution in [3.8, 4) is 6.07 Å². The lowest BCUT2D eigenvalue weighted by Gasteiger charge is -2.40. The third kappa shape index (κ3) is 6.41. The van der Waals surface area contributed by atoms with E-state index >= 15 is 0 Å². The number of aliphatic hydroxyl groups is 4. The van der Waals surface area contributed by atoms with Crippen molar-refractivity contribution in [2.45, 2.75) is 50.8 Å². The van der Waals surface area contributed by atoms with Crippen molar-refractivity contribution in [3.05, 3.63) is 17.8 Å². The molecule has 1 aromatic heterocycles. The van der Waals surface area contributed by atoms with Crippen LogP contribution in [0.15, 0.2) is 17.3 Å². The Hall–Kier alpha value is -2.69. The van der Waals surface area contributed by atoms with Crippen molar-refractivity contribution in [3.63, 3.8) is 0 Å². The van der Waals surface area contributed by atoms with E-state index in [0.29, 0.717) is 23.0 Å². The lowest BCUT2D eigenvalue weighted by molar-refractivity contribution is -0.277. The lowest BCUT2D eigenvalue weighted by Crippen LogP contribution is -2.61. The second kappa shape index (κ2) is 11.8. The third-order valence-electron chi connectivity index (χ3n) is 5.02. The second-order valence-corrected chi connectivity index (χ2v) is 7.31. The number of H-pyrrole nitrogens is 1. The number of aromatic amines is 1. The summed E-state index contributed by atoms with van der Waals surface area (Å²) < 4.78 is 5.08. The van der Waals surface area contributed by atoms with Gasteiger partial charge in [-0.15, -0.1) is 0 Å². The molecule has 0 aliphatic rings. The molecule has 0 aliphatic carbocycles. The number of aromatic nitrogens is 1. The fourth-order valence-electron chi connectivity index (χ4n) is 3.33. The van der Waals surface area contributed by atoms with Crippen LogP contribution in [0.25, 0.3) is 0 Å². The van der Waals surface area contributed by atoms with Crippen molar-refractivity contribution < 1.29 is 30.0 Å². The minimum atomic E-state index is -3.38. The number of hydrogen-bond donors (Lipinski definition) is 6. The molecule has 0 spiro atoms. The predicted molar refractivity (Wildman–Crippen MR) is 117 cm³/mol. The molecule has 0 bridgehead atoms. The fraction of sp³-hybridized carbons (Fsp3) is 0.650. The normalized spacial score (nSPS) is 13.4. The highest BCUT2D eigenvalue weighted by molar-refractivity contribution is 6.03. The van der Waals surface area contributed by atoms with E-state index in [9.17, 15) is 25.2 Å². The number of hydrogen-bond acceptors (Lipinski definition) is 9. The molecule has 32 heavy (non-hydrogen) atoms. The number of amides is 1. The van der Waals surface area contributed by atoms with Crippen molar-refractivity contribution >= 4 is 17.6 Å². The molecule has 1 aromatic rings. The smallest absolute Gasteiger partial charge is 0.336 e. The van der Waals surface area contributed by atoms with Crippen LogP contribution in [0.3, 0.4) is 0 Å². The van der Waals surface area contributed by atoms with Crippen molar-refractivity contribution in [1.82, 2.24) is 14.8 Å². The summed E-state index contributed by atoms with van der Waals surface area (Å²) in [4.78, 5) is 22.2. The predicted octanol–water partition coefficient (Wildman–Crippen LogP) is -0.411. The summed E-state index contributed by atoms with van der Waals surface area (Å²) in [6.07, 6.45) is 2.07. The van der Waals surface area contributed by atoms with Crippen LogP contribution in [0.2, 0.25) is 0 Å². The molecule has 0 saturated heterocycles. The Morgan fingerprint density at radius 2 is 2.03 bits per heavy atom. The number of ether oxygens (including phenoxy) is 1. The highest BCUT2D eigenvalue weighted by Crippen LogP contribution is 2.25. The Morgan fingerprint density at radius 3 is 2.53 bits per heavy atom. The van der Waals surface area contributed by atoms with Gasteiger partial charge in [-0.05, 0) is 18.9 Å². The molecule has 1 heterocycles. The van der Waals surface area contributed by atoms with Gasteiger partial charge in [0.2, 0.25) is 0 Å². The molecule has 1 atom stereocenters. The zero-order valence-corrected chi connectivity index (χ0v) is 19.2. The summed E-state index contributed by atoms with van der Waals surface area (Å²) in [5.74, 6) is -6.45. The van der Waals surface area contributed by atoms with E-state index in [0.717, 1.165) is 11.6 Å². The molecule has 12 nitrogen and oxygen atoms in total. The van der Waals surface area contributed by atoms with Gasteiger partial charge in [-0.1, -0.05) is 13.8 Å². The minimum absolute atomic E-state index is 0.0635. The van der Waals surface area contributed by atoms with Gasteiger partial charge in [0.15, 0.2) is 0 Å². The molecule has 0 aromatic carbocycles. The lowest BCUT2D eigenvalue weighted by atomic mass is 10.0. The molecule has 12 heteroatoms. The van der Waals surface area contributed by atoms with E-state index in [2.05, 4.69) is 15.3 Å². The number of anilines is 1. The summed E-state index contributed by atoms with van der Waals surface area (Å²) in [7, 11) is 4.96. The SMILES string of the molecule is CCCN(C(=O)C(O)(O)C#N)C(O)(O)CC(CC)N(C)C(=NCOC)c1cc[nH]c1NC. The maximum Gasteiger partial charge on any atom is 0.336 e. The van der Waals surface area contributed by atoms with Gasteiger partial charge in [0, 0.05) is 46.4 Å². The van der Waals surface area contributed by atoms with Gasteiger partial charge >= 0.3 is 11.7 Å². The Balaban J connectivity index is 3.29. The summed E-state index contributed by atoms with van der Waals surface area (Å²) in [5, 5.41) is 52.8. The van der Waals surface area contributed by atoms with E-state index < -0.39 is 23.6 Å². The molecular weight excluding hydrogens is 420 g/mol. The number of carbonyl (C=O) groups excluding carboxylic acids is 1. The summed E-state index contributed by atoms with van der Waals surface area (Å²) >= 11 is 0. The van der Waals surface area contributed by atoms with Gasteiger partial charge in [-0.3, -0.25) is 9.69 Å². The highest BCUT2D eigenvalue weighted by Gasteiger charge is 2.46. The fourth-order valence-corrected chi connectivity index (χ4v) is 3.33. The van der Waals surface area contributed by atoms with Crippen LogP contribution in [0.4, 0.5) is 5.82 Å². The van der Waals surface area contributed by atoms with Gasteiger partial charge in [0.05, 0.1) is 5.56 Å². The Kier molecular flexibility index (Phi) is 10.1. The molecular formula is C20H34N6O6. The number of methoxy groups -OCH3 is 1. The third-order valence-corrected chi connectivity index (χ3v) is 5.02. The van der Waals surface area contributed by atoms with Crippen LogP contribution in [-0.2, 0) is 9.53 Å². The highest BCUT2D eigenvalue weighted by atomic mass is 16.5. The first-order valence-corrected chi connectivity index (χ1v) is 10.2. The minimum Gasteiger partial charge on any atom is -0.374 e. The van der Waals surface area contributed by atoms with Crippen LogP contribution in [0, 0.1) is 11.3 Å². The molecule has 180 valence electrons. The quantitative estimate of drug-likeness (QED) is 0.106. The number of aliphatic imine (C=N–C) groups is 1. The Bertz CT molecular complexity index is 816. The number of nitriles is 1. The van der Waals surface area contributed by atoms with Crippen molar-refractivity contribution in [2.24, 2.45) is 4.99 Å². The van der Waals surface area contributed by atoms with E-state index in [1.54, 1.807) is 38.2 Å². The van der Waals surface area contributed by atoms with Crippen molar-refractivity contribution in [2.75, 3.05) is 39.8 Å². The number of nitrogens with one attached hydrogen (secondary N) is 2. The van der Waals surface area contributed by atoms with Gasteiger partial charge in [0.25, 0.3) is 5.91 Å². The first kappa shape index (κ1) is 27.3. The van der Waals surface area contributed by atoms with E-state index in [1.165, 1.54) is 7.11 Å². The van der Waals surface area contributed by atoms with Crippen LogP contribution in [-0.4, -0.2) is 99.2 Å². The average Bonchev–Trinajstić information content (AvgIpc) is 3.23. The topological polar surface area (TPSA) is 178 Å². The zero-order valence-electron chi connectivity index (χ0n) is 19.2. The van der Waals surface area contributed by atoms with Gasteiger partial charge in [0.1, 0.15) is 24.5 Å². The van der Waals surface area contributed by atoms with Crippen LogP contribution < -0.4 is 5.32 Å². The molecule has 1 rings (SSSR count). The number of rotatable bonds is 12. The van der Waals surface area contributed by atoms with E-state index in [1.807, 2.05) is 6.92 Å². The van der Waals surface area contributed by atoms with Crippen LogP contribution in [0.1, 0.15) is 38.7 Å². The van der Waals surface area contributed by atoms with Crippen LogP contribution in [0.5, 0.6) is 0 Å². The van der Waals surface area contributed by atoms with Gasteiger partial charge < -0.3 is 40.4 Å². The summed E-state index contributed by atoms with van der Waals surface area (Å²) in [6, 6.07) is 2.32. The second-order valence-electron chi connectivity index (χ2n) is 7.31. The molecule has 0 fully saturated rings. The maximum absolute atomic E-state index is 12.4. The zero-order chi connectivity index (χ0) is 24.5. The average molecular weight is 455 g/mol. The summed E-state index contributed by atoms with van der Waals surface area (Å²) in [6.45, 7) is 3.35. The monoisotopic (exact) mass is 454 g/mol. The molecule has 6 N–H and O–H groups in total. The molecule has 0 saturated carbocycles. The standard InChI is InChI=1S/C20H34N6O6/c1-6-10-26(18(27)19(28,29)12-21)20(30,31)11-14(7-2)25(4)17(24-13-32-5)15-8-9-23-16(15)22-3/h8-9,14,22-23,28-31H,6-7,10-11,13H2,1-5H3. The molecule has 0 aliphatic heterocycles. The van der Waals surface area contributed by atoms with Gasteiger partial charge in [-0.2, -0.15) is 5.26 Å². The molecule has 0 radical (unpaired) electrons. The first-order chi connectivity index (χ1) is 15.0. The number of amidine groups is 1. The van der Waals surface area contributed by atoms with E-state index in [-0.39, 0.29) is 26.1 Å². The first-order valence-electron chi connectivity index (χ1n) is 10.2. The largest absolute Gasteiger partial charge is 0.374 e. The Labute approximate surface area is 187 Å². The number of nitrogens with zero attached hydrogens (tertiary/aromatic N) is 4. The van der Waals surface area contributed by atoms with Crippen molar-refractivity contribution in [1.29, 1.82) is 5.26 Å². The van der Waals surface area contributed by atoms with Crippen LogP contribution >= 0.6 is 0 Å². The van der Waals surface area contributed by atoms with Gasteiger partial charge in [-0.25, -0.2) is 4.99 Å². The maximum atomic E-state index is 12.4. The Morgan fingerprint density at radius 1 is 1.38 bits per heavy atom. The number of carbonyl (C=O) groups is 1. The summed E-state index contributed by atoms with van der Waals surface area (Å²) in [5.41, 5.74) is 0.725. The molecule has 1 amide bonds.